The fourth-order valence-corrected chi connectivity index (χ4v) is 2.99. The molecule has 76 valence electrons. The summed E-state index contributed by atoms with van der Waals surface area (Å²) in [5.74, 6) is 1.77. The molecule has 1 saturated carbocycles. The molecule has 0 saturated heterocycles. The molecule has 1 aromatic rings. The SMILES string of the molecule is CCc1ccc(C(Br)C2CC2C)cc1. The van der Waals surface area contributed by atoms with E-state index in [0.717, 1.165) is 18.3 Å². The maximum absolute atomic E-state index is 3.80. The van der Waals surface area contributed by atoms with Crippen LogP contribution in [0.15, 0.2) is 24.3 Å². The topological polar surface area (TPSA) is 0 Å². The van der Waals surface area contributed by atoms with Gasteiger partial charge in [-0.05, 0) is 35.8 Å². The predicted molar refractivity (Wildman–Crippen MR) is 64.8 cm³/mol. The average Bonchev–Trinajstić information content (AvgIpc) is 2.95. The highest BCUT2D eigenvalue weighted by atomic mass is 79.9. The molecule has 1 fully saturated rings. The molecule has 3 unspecified atom stereocenters. The highest BCUT2D eigenvalue weighted by molar-refractivity contribution is 9.09. The van der Waals surface area contributed by atoms with E-state index in [-0.39, 0.29) is 0 Å². The van der Waals surface area contributed by atoms with Crippen molar-refractivity contribution in [2.45, 2.75) is 31.5 Å². The first kappa shape index (κ1) is 10.2. The van der Waals surface area contributed by atoms with E-state index in [1.807, 2.05) is 0 Å². The molecule has 0 heterocycles. The minimum Gasteiger partial charge on any atom is -0.0836 e. The maximum atomic E-state index is 3.80. The van der Waals surface area contributed by atoms with Crippen molar-refractivity contribution < 1.29 is 0 Å². The van der Waals surface area contributed by atoms with Crippen molar-refractivity contribution in [1.82, 2.24) is 0 Å². The Morgan fingerprint density at radius 3 is 2.36 bits per heavy atom. The zero-order chi connectivity index (χ0) is 10.1. The van der Waals surface area contributed by atoms with Gasteiger partial charge in [0.15, 0.2) is 0 Å². The molecule has 0 nitrogen and oxygen atoms in total. The molecule has 1 aliphatic carbocycles. The van der Waals surface area contributed by atoms with Crippen molar-refractivity contribution in [1.29, 1.82) is 0 Å². The Bertz CT molecular complexity index is 302. The zero-order valence-electron chi connectivity index (χ0n) is 8.83. The molecule has 0 aliphatic heterocycles. The van der Waals surface area contributed by atoms with Crippen LogP contribution in [0.2, 0.25) is 0 Å². The molecule has 1 heteroatoms. The Labute approximate surface area is 94.8 Å². The molecule has 0 spiro atoms. The fraction of sp³-hybridized carbons (Fsp3) is 0.538. The summed E-state index contributed by atoms with van der Waals surface area (Å²) in [6.45, 7) is 4.53. The Morgan fingerprint density at radius 2 is 1.93 bits per heavy atom. The minimum absolute atomic E-state index is 0.573. The number of hydrogen-bond donors (Lipinski definition) is 0. The van der Waals surface area contributed by atoms with Gasteiger partial charge in [0.25, 0.3) is 0 Å². The molecule has 0 N–H and O–H groups in total. The van der Waals surface area contributed by atoms with Gasteiger partial charge >= 0.3 is 0 Å². The van der Waals surface area contributed by atoms with Crippen molar-refractivity contribution in [3.8, 4) is 0 Å². The van der Waals surface area contributed by atoms with Gasteiger partial charge in [-0.3, -0.25) is 0 Å². The number of alkyl halides is 1. The smallest absolute Gasteiger partial charge is 0.0426 e. The quantitative estimate of drug-likeness (QED) is 0.703. The molecule has 1 aliphatic rings. The van der Waals surface area contributed by atoms with Crippen LogP contribution in [0, 0.1) is 11.8 Å². The van der Waals surface area contributed by atoms with Crippen LogP contribution >= 0.6 is 15.9 Å². The van der Waals surface area contributed by atoms with Crippen LogP contribution in [0.5, 0.6) is 0 Å². The predicted octanol–water partition coefficient (Wildman–Crippen LogP) is 4.34. The Balaban J connectivity index is 2.08. The van der Waals surface area contributed by atoms with Crippen LogP contribution in [0.25, 0.3) is 0 Å². The number of rotatable bonds is 3. The van der Waals surface area contributed by atoms with Gasteiger partial charge in [0.1, 0.15) is 0 Å². The van der Waals surface area contributed by atoms with Crippen molar-refractivity contribution >= 4 is 15.9 Å². The molecule has 3 atom stereocenters. The monoisotopic (exact) mass is 252 g/mol. The molecule has 1 aromatic carbocycles. The van der Waals surface area contributed by atoms with E-state index < -0.39 is 0 Å². The van der Waals surface area contributed by atoms with Gasteiger partial charge in [-0.1, -0.05) is 54.0 Å². The highest BCUT2D eigenvalue weighted by Gasteiger charge is 2.38. The van der Waals surface area contributed by atoms with Crippen LogP contribution in [0.1, 0.15) is 36.2 Å². The maximum Gasteiger partial charge on any atom is 0.0426 e. The fourth-order valence-electron chi connectivity index (χ4n) is 1.94. The van der Waals surface area contributed by atoms with Gasteiger partial charge in [0, 0.05) is 4.83 Å². The van der Waals surface area contributed by atoms with Gasteiger partial charge in [-0.25, -0.2) is 0 Å². The lowest BCUT2D eigenvalue weighted by Gasteiger charge is -2.09. The number of halogens is 1. The number of aryl methyl sites for hydroxylation is 1. The third kappa shape index (κ3) is 2.03. The molecule has 0 aromatic heterocycles. The van der Waals surface area contributed by atoms with E-state index in [2.05, 4.69) is 54.0 Å². The Morgan fingerprint density at radius 1 is 1.36 bits per heavy atom. The lowest BCUT2D eigenvalue weighted by atomic mass is 10.0. The standard InChI is InChI=1S/C13H17Br/c1-3-10-4-6-11(7-5-10)13(14)12-8-9(12)2/h4-7,9,12-13H,3,8H2,1-2H3. The molecular formula is C13H17Br. The highest BCUT2D eigenvalue weighted by Crippen LogP contribution is 2.51. The van der Waals surface area contributed by atoms with Crippen molar-refractivity contribution in [3.05, 3.63) is 35.4 Å². The first-order valence-corrected chi connectivity index (χ1v) is 6.37. The normalized spacial score (nSPS) is 27.4. The van der Waals surface area contributed by atoms with E-state index >= 15 is 0 Å². The second-order valence-electron chi connectivity index (χ2n) is 4.37. The second-order valence-corrected chi connectivity index (χ2v) is 5.36. The molecular weight excluding hydrogens is 236 g/mol. The molecule has 14 heavy (non-hydrogen) atoms. The zero-order valence-corrected chi connectivity index (χ0v) is 10.4. The summed E-state index contributed by atoms with van der Waals surface area (Å²) in [6.07, 6.45) is 2.51. The first-order chi connectivity index (χ1) is 6.72. The van der Waals surface area contributed by atoms with E-state index in [1.54, 1.807) is 0 Å². The summed E-state index contributed by atoms with van der Waals surface area (Å²) >= 11 is 3.80. The van der Waals surface area contributed by atoms with E-state index in [9.17, 15) is 0 Å². The van der Waals surface area contributed by atoms with Crippen LogP contribution in [-0.4, -0.2) is 0 Å². The van der Waals surface area contributed by atoms with Crippen molar-refractivity contribution in [2.75, 3.05) is 0 Å². The second kappa shape index (κ2) is 4.06. The third-order valence-corrected chi connectivity index (χ3v) is 4.46. The molecule has 0 amide bonds. The molecule has 2 rings (SSSR count). The van der Waals surface area contributed by atoms with Gasteiger partial charge in [0.05, 0.1) is 0 Å². The van der Waals surface area contributed by atoms with Crippen LogP contribution in [0.3, 0.4) is 0 Å². The van der Waals surface area contributed by atoms with E-state index in [4.69, 9.17) is 0 Å². The summed E-state index contributed by atoms with van der Waals surface area (Å²) in [5, 5.41) is 0. The third-order valence-electron chi connectivity index (χ3n) is 3.25. The van der Waals surface area contributed by atoms with E-state index in [1.165, 1.54) is 17.5 Å². The summed E-state index contributed by atoms with van der Waals surface area (Å²) in [6, 6.07) is 9.03. The first-order valence-electron chi connectivity index (χ1n) is 5.45. The van der Waals surface area contributed by atoms with E-state index in [0.29, 0.717) is 4.83 Å². The van der Waals surface area contributed by atoms with Crippen LogP contribution in [-0.2, 0) is 6.42 Å². The van der Waals surface area contributed by atoms with Gasteiger partial charge in [0.2, 0.25) is 0 Å². The van der Waals surface area contributed by atoms with Crippen molar-refractivity contribution in [3.63, 3.8) is 0 Å². The lowest BCUT2D eigenvalue weighted by Crippen LogP contribution is -1.93. The number of hydrogen-bond acceptors (Lipinski definition) is 0. The molecule has 0 radical (unpaired) electrons. The van der Waals surface area contributed by atoms with Crippen molar-refractivity contribution in [2.24, 2.45) is 11.8 Å². The molecule has 0 bridgehead atoms. The van der Waals surface area contributed by atoms with Gasteiger partial charge in [-0.2, -0.15) is 0 Å². The summed E-state index contributed by atoms with van der Waals surface area (Å²) in [5.41, 5.74) is 2.87. The Kier molecular flexibility index (Phi) is 2.96. The number of benzene rings is 1. The summed E-state index contributed by atoms with van der Waals surface area (Å²) in [7, 11) is 0. The summed E-state index contributed by atoms with van der Waals surface area (Å²) in [4.78, 5) is 0.573. The Hall–Kier alpha value is -0.300. The van der Waals surface area contributed by atoms with Gasteiger partial charge in [-0.15, -0.1) is 0 Å². The van der Waals surface area contributed by atoms with Crippen LogP contribution in [0.4, 0.5) is 0 Å². The summed E-state index contributed by atoms with van der Waals surface area (Å²) < 4.78 is 0. The van der Waals surface area contributed by atoms with Crippen LogP contribution < -0.4 is 0 Å². The van der Waals surface area contributed by atoms with Gasteiger partial charge < -0.3 is 0 Å². The largest absolute Gasteiger partial charge is 0.0836 e. The average molecular weight is 253 g/mol. The minimum atomic E-state index is 0.573. The lowest BCUT2D eigenvalue weighted by molar-refractivity contribution is 0.740.